The van der Waals surface area contributed by atoms with Gasteiger partial charge in [0, 0.05) is 24.2 Å². The van der Waals surface area contributed by atoms with Gasteiger partial charge in [0.25, 0.3) is 11.5 Å². The molecule has 11 nitrogen and oxygen atoms in total. The Bertz CT molecular complexity index is 1170. The van der Waals surface area contributed by atoms with Crippen LogP contribution in [0.4, 0.5) is 5.13 Å². The van der Waals surface area contributed by atoms with Gasteiger partial charge in [-0.25, -0.2) is 18.2 Å². The molecule has 2 atom stereocenters. The quantitative estimate of drug-likeness (QED) is 0.330. The minimum Gasteiger partial charge on any atom is -0.478 e. The molecule has 1 aliphatic heterocycles. The zero-order chi connectivity index (χ0) is 25.2. The molecule has 2 aromatic rings. The molecule has 2 aliphatic rings. The number of carbonyl (C=O) groups is 2. The molecule has 4 N–H and O–H groups in total. The standard InChI is InChI=1S/C22H26N2O9S2/c25-11-18(26)17-12-34-21(23-17)24-19(27)22(20(28)29,33-14-7-9-32-10-8-14)13-1-3-15(4-2-13)35(30,31)16-5-6-16/h1-4,12,14,16,18,25-26H,5-11H2,(H,28,29)(H,23,24,27). The van der Waals surface area contributed by atoms with Gasteiger partial charge in [0.1, 0.15) is 6.10 Å². The molecule has 0 spiro atoms. The van der Waals surface area contributed by atoms with Crippen LogP contribution in [0, 0.1) is 0 Å². The van der Waals surface area contributed by atoms with Crippen LogP contribution < -0.4 is 5.32 Å². The maximum Gasteiger partial charge on any atom is 0.350 e. The number of carboxylic acids is 1. The first-order chi connectivity index (χ1) is 16.7. The number of ether oxygens (including phenoxy) is 2. The molecule has 1 amide bonds. The first kappa shape index (κ1) is 25.7. The van der Waals surface area contributed by atoms with E-state index in [-0.39, 0.29) is 21.3 Å². The van der Waals surface area contributed by atoms with E-state index >= 15 is 0 Å². The fourth-order valence-electron chi connectivity index (χ4n) is 3.79. The summed E-state index contributed by atoms with van der Waals surface area (Å²) < 4.78 is 36.4. The lowest BCUT2D eigenvalue weighted by Crippen LogP contribution is -2.52. The fourth-order valence-corrected chi connectivity index (χ4v) is 6.20. The number of aliphatic hydroxyl groups is 2. The zero-order valence-corrected chi connectivity index (χ0v) is 20.3. The topological polar surface area (TPSA) is 172 Å². The molecule has 0 bridgehead atoms. The first-order valence-electron chi connectivity index (χ1n) is 11.1. The highest BCUT2D eigenvalue weighted by Crippen LogP contribution is 2.36. The number of thiazole rings is 1. The van der Waals surface area contributed by atoms with Gasteiger partial charge in [0.05, 0.1) is 28.6 Å². The lowest BCUT2D eigenvalue weighted by molar-refractivity contribution is -0.186. The van der Waals surface area contributed by atoms with E-state index in [2.05, 4.69) is 10.3 Å². The van der Waals surface area contributed by atoms with Crippen molar-refractivity contribution in [1.82, 2.24) is 4.98 Å². The van der Waals surface area contributed by atoms with E-state index in [0.717, 1.165) is 11.3 Å². The van der Waals surface area contributed by atoms with Crippen molar-refractivity contribution in [2.24, 2.45) is 0 Å². The second-order valence-electron chi connectivity index (χ2n) is 8.41. The van der Waals surface area contributed by atoms with Gasteiger partial charge in [0.15, 0.2) is 15.0 Å². The zero-order valence-electron chi connectivity index (χ0n) is 18.6. The molecule has 1 saturated heterocycles. The minimum atomic E-state index is -3.51. The lowest BCUT2D eigenvalue weighted by Gasteiger charge is -2.34. The lowest BCUT2D eigenvalue weighted by atomic mass is 9.91. The van der Waals surface area contributed by atoms with Crippen molar-refractivity contribution < 1.29 is 42.8 Å². The number of carboxylic acid groups (broad SMARTS) is 1. The normalized spacial score (nSPS) is 19.6. The van der Waals surface area contributed by atoms with Gasteiger partial charge in [0.2, 0.25) is 0 Å². The van der Waals surface area contributed by atoms with Crippen LogP contribution in [0.3, 0.4) is 0 Å². The van der Waals surface area contributed by atoms with E-state index in [9.17, 15) is 28.2 Å². The number of hydrogen-bond donors (Lipinski definition) is 4. The average molecular weight is 527 g/mol. The van der Waals surface area contributed by atoms with Crippen molar-refractivity contribution in [3.05, 3.63) is 40.9 Å². The van der Waals surface area contributed by atoms with Gasteiger partial charge in [-0.2, -0.15) is 0 Å². The van der Waals surface area contributed by atoms with Gasteiger partial charge in [-0.15, -0.1) is 11.3 Å². The number of rotatable bonds is 10. The summed E-state index contributed by atoms with van der Waals surface area (Å²) in [5, 5.41) is 32.6. The van der Waals surface area contributed by atoms with Gasteiger partial charge >= 0.3 is 5.97 Å². The number of hydrogen-bond acceptors (Lipinski definition) is 10. The maximum absolute atomic E-state index is 13.5. The third kappa shape index (κ3) is 5.25. The molecule has 13 heteroatoms. The summed E-state index contributed by atoms with van der Waals surface area (Å²) in [5.41, 5.74) is -2.42. The largest absolute Gasteiger partial charge is 0.478 e. The summed E-state index contributed by atoms with van der Waals surface area (Å²) in [6.07, 6.45) is 0.0727. The first-order valence-corrected chi connectivity index (χ1v) is 13.5. The Kier molecular flexibility index (Phi) is 7.54. The summed E-state index contributed by atoms with van der Waals surface area (Å²) in [6, 6.07) is 5.15. The molecule has 0 radical (unpaired) electrons. The number of aliphatic carboxylic acids is 1. The van der Waals surface area contributed by atoms with Crippen LogP contribution in [0.5, 0.6) is 0 Å². The molecule has 35 heavy (non-hydrogen) atoms. The van der Waals surface area contributed by atoms with E-state index in [1.807, 2.05) is 0 Å². The van der Waals surface area contributed by atoms with Gasteiger partial charge in [-0.3, -0.25) is 10.1 Å². The van der Waals surface area contributed by atoms with Gasteiger partial charge in [-0.05, 0) is 37.8 Å². The molecule has 4 rings (SSSR count). The number of nitrogens with one attached hydrogen (secondary N) is 1. The van der Waals surface area contributed by atoms with Crippen LogP contribution >= 0.6 is 11.3 Å². The summed E-state index contributed by atoms with van der Waals surface area (Å²) in [4.78, 5) is 30.2. The highest BCUT2D eigenvalue weighted by molar-refractivity contribution is 7.92. The number of amides is 1. The molecule has 1 aromatic heterocycles. The van der Waals surface area contributed by atoms with E-state index in [1.165, 1.54) is 29.6 Å². The van der Waals surface area contributed by atoms with Gasteiger partial charge < -0.3 is 24.8 Å². The van der Waals surface area contributed by atoms with Crippen LogP contribution in [0.1, 0.15) is 43.0 Å². The van der Waals surface area contributed by atoms with E-state index in [1.54, 1.807) is 0 Å². The van der Waals surface area contributed by atoms with Crippen molar-refractivity contribution in [2.75, 3.05) is 25.1 Å². The Morgan fingerprint density at radius 3 is 2.43 bits per heavy atom. The summed E-state index contributed by atoms with van der Waals surface area (Å²) in [6.45, 7) is 0.115. The number of aliphatic hydroxyl groups excluding tert-OH is 2. The van der Waals surface area contributed by atoms with E-state index in [4.69, 9.17) is 14.6 Å². The Morgan fingerprint density at radius 2 is 1.86 bits per heavy atom. The highest BCUT2D eigenvalue weighted by atomic mass is 32.2. The Morgan fingerprint density at radius 1 is 1.20 bits per heavy atom. The van der Waals surface area contributed by atoms with Crippen molar-refractivity contribution in [1.29, 1.82) is 0 Å². The molecular formula is C22H26N2O9S2. The Balaban J connectivity index is 1.69. The SMILES string of the molecule is O=C(O)C(OC1CCOCC1)(C(=O)Nc1nc(C(O)CO)cs1)c1ccc(S(=O)(=O)C2CC2)cc1. The Hall–Kier alpha value is -2.42. The average Bonchev–Trinajstić information content (AvgIpc) is 3.62. The molecule has 1 saturated carbocycles. The molecule has 190 valence electrons. The molecule has 1 aliphatic carbocycles. The number of sulfone groups is 1. The number of aromatic nitrogens is 1. The Labute approximate surface area is 205 Å². The smallest absolute Gasteiger partial charge is 0.350 e. The van der Waals surface area contributed by atoms with Crippen molar-refractivity contribution >= 4 is 38.2 Å². The fraction of sp³-hybridized carbons (Fsp3) is 0.500. The number of benzene rings is 1. The minimum absolute atomic E-state index is 0.00614. The summed E-state index contributed by atoms with van der Waals surface area (Å²) >= 11 is 0.945. The highest BCUT2D eigenvalue weighted by Gasteiger charge is 2.52. The van der Waals surface area contributed by atoms with Crippen LogP contribution in [0.15, 0.2) is 34.5 Å². The van der Waals surface area contributed by atoms with E-state index < -0.39 is 51.4 Å². The van der Waals surface area contributed by atoms with Crippen LogP contribution in [-0.4, -0.2) is 71.8 Å². The van der Waals surface area contributed by atoms with Crippen LogP contribution in [-0.2, 0) is 34.5 Å². The van der Waals surface area contributed by atoms with Crippen LogP contribution in [0.2, 0.25) is 0 Å². The molecular weight excluding hydrogens is 500 g/mol. The molecule has 1 aromatic carbocycles. The van der Waals surface area contributed by atoms with Crippen molar-refractivity contribution in [2.45, 2.75) is 53.6 Å². The predicted octanol–water partition coefficient (Wildman–Crippen LogP) is 1.22. The van der Waals surface area contributed by atoms with Crippen molar-refractivity contribution in [3.8, 4) is 0 Å². The number of anilines is 1. The third-order valence-electron chi connectivity index (χ3n) is 5.94. The maximum atomic E-state index is 13.5. The number of nitrogens with zero attached hydrogens (tertiary/aromatic N) is 1. The predicted molar refractivity (Wildman–Crippen MR) is 124 cm³/mol. The summed E-state index contributed by atoms with van der Waals surface area (Å²) in [5.74, 6) is -2.61. The molecule has 2 fully saturated rings. The second-order valence-corrected chi connectivity index (χ2v) is 11.5. The van der Waals surface area contributed by atoms with Crippen LogP contribution in [0.25, 0.3) is 0 Å². The van der Waals surface area contributed by atoms with Crippen molar-refractivity contribution in [3.63, 3.8) is 0 Å². The summed E-state index contributed by atoms with van der Waals surface area (Å²) in [7, 11) is -3.51. The van der Waals surface area contributed by atoms with E-state index in [0.29, 0.717) is 38.9 Å². The number of carbonyl (C=O) groups excluding carboxylic acids is 1. The monoisotopic (exact) mass is 526 g/mol. The second kappa shape index (κ2) is 10.3. The molecule has 2 heterocycles. The third-order valence-corrected chi connectivity index (χ3v) is 9.00. The molecule has 2 unspecified atom stereocenters. The van der Waals surface area contributed by atoms with Gasteiger partial charge in [-0.1, -0.05) is 12.1 Å².